The molecule has 0 spiro atoms. The molecule has 4 aromatic heterocycles. The molecule has 0 N–H and O–H groups in total. The maximum Gasteiger partial charge on any atom is 0.491 e. The van der Waals surface area contributed by atoms with Gasteiger partial charge in [0, 0.05) is 53.9 Å². The highest BCUT2D eigenvalue weighted by Crippen LogP contribution is 2.42. The summed E-state index contributed by atoms with van der Waals surface area (Å²) in [4.78, 5) is 49.0. The Labute approximate surface area is 828 Å². The number of ether oxygens (including phenoxy) is 8. The molecule has 10 rings (SSSR count). The van der Waals surface area contributed by atoms with Crippen LogP contribution in [0.5, 0.6) is 0 Å². The highest BCUT2D eigenvalue weighted by Gasteiger charge is 2.43. The van der Waals surface area contributed by atoms with E-state index in [1.165, 1.54) is 4.68 Å². The summed E-state index contributed by atoms with van der Waals surface area (Å²) in [6.07, 6.45) is -9.03. The number of hydrogen-bond acceptors (Lipinski definition) is 20. The number of carbonyl (C=O) groups is 4. The molecule has 0 saturated heterocycles. The van der Waals surface area contributed by atoms with E-state index in [4.69, 9.17) is 79.6 Å². The summed E-state index contributed by atoms with van der Waals surface area (Å²) in [5.41, 5.74) is 12.0. The summed E-state index contributed by atoms with van der Waals surface area (Å²) in [5, 5.41) is 59.6. The van der Waals surface area contributed by atoms with Gasteiger partial charge in [-0.15, -0.1) is 0 Å². The molecule has 0 bridgehead atoms. The molecule has 4 atom stereocenters. The summed E-state index contributed by atoms with van der Waals surface area (Å²) < 4.78 is 89.6. The van der Waals surface area contributed by atoms with Crippen molar-refractivity contribution in [1.29, 1.82) is 21.0 Å². The Kier molecular flexibility index (Phi) is 39.3. The van der Waals surface area contributed by atoms with E-state index in [2.05, 4.69) is 106 Å². The fraction of sp³-hybridized carbons (Fsp3) is 0.402. The van der Waals surface area contributed by atoms with Crippen LogP contribution in [0.25, 0.3) is 45.3 Å². The number of halogens is 7. The summed E-state index contributed by atoms with van der Waals surface area (Å²) in [5.74, 6) is -3.24. The maximum atomic E-state index is 12.7. The zero-order valence-electron chi connectivity index (χ0n) is 83.5. The molecule has 138 heavy (non-hydrogen) atoms. The zero-order valence-corrected chi connectivity index (χ0v) is 86.5. The van der Waals surface area contributed by atoms with Crippen molar-refractivity contribution in [2.24, 2.45) is 5.41 Å². The molecule has 31 heteroatoms. The van der Waals surface area contributed by atoms with Crippen molar-refractivity contribution < 1.29 is 70.2 Å². The highest BCUT2D eigenvalue weighted by atomic mass is 35.5. The number of esters is 4. The van der Waals surface area contributed by atoms with Crippen molar-refractivity contribution in [3.8, 4) is 24.3 Å². The topological polar surface area (TPSA) is 309 Å². The molecular weight excluding hydrogens is 1840 g/mol. The van der Waals surface area contributed by atoms with Crippen molar-refractivity contribution >= 4 is 116 Å². The van der Waals surface area contributed by atoms with Crippen LogP contribution >= 0.6 is 46.4 Å². The van der Waals surface area contributed by atoms with Crippen LogP contribution in [0.3, 0.4) is 0 Å². The van der Waals surface area contributed by atoms with Crippen LogP contribution in [0.4, 0.5) is 13.2 Å². The van der Waals surface area contributed by atoms with Crippen LogP contribution in [-0.4, -0.2) is 94.3 Å². The van der Waals surface area contributed by atoms with Gasteiger partial charge in [-0.05, 0) is 160 Å². The van der Waals surface area contributed by atoms with Gasteiger partial charge in [-0.3, -0.25) is 28.3 Å². The Morgan fingerprint density at radius 2 is 0.580 bits per heavy atom. The first-order chi connectivity index (χ1) is 64.6. The molecule has 732 valence electrons. The summed E-state index contributed by atoms with van der Waals surface area (Å²) >= 11 is 26.3. The minimum Gasteiger partial charge on any atom is -0.451 e. The standard InChI is InChI=1S/C29H32ClN3O3.C28H30ClN3O3.C27H36ClN3O3.C23H25ClF3N3O3/c1-7-33-27(26(30)19(2)32-33)28(24(18-31)22-13-15-23(16-14-22)29(4,5)6)36-20(3)35-25(34)17-21-11-9-8-10-12-21;1-7-32-25(24(29)18(2)31-32)26(34-19(3)35-27(33)21-11-9-8-10-12-21)23(17-30)20-13-15-22(16-14-20)28(4,5)6;1-10-27(8,9)25(32)34-18(4)33-24(23-22(28)17(3)30-31(23)11-2)21(16-29)19-12-14-20(15-13-19)26(5,6)7;1-7-30-19(18(24)13(2)29-30)20(32-14(3)33-21(31)23(25,26)27)17(12-28)15-8-10-16(11-9-15)22(4,5)6/h8-16,20H,7,17H2,1-6H3;8-16,19H,7H2,1-6H3;12-15,18H,10-11H2,1-9H3;8-11,14H,7H2,1-6H3/b28-24-;26-23-;24-21-;20-17-. The number of alkyl halides is 3. The van der Waals surface area contributed by atoms with Gasteiger partial charge in [-0.2, -0.15) is 54.6 Å². The van der Waals surface area contributed by atoms with Crippen LogP contribution in [0.15, 0.2) is 158 Å². The van der Waals surface area contributed by atoms with Gasteiger partial charge in [0.1, 0.15) is 69.3 Å². The smallest absolute Gasteiger partial charge is 0.451 e. The van der Waals surface area contributed by atoms with Gasteiger partial charge in [0.05, 0.1) is 60.3 Å². The Hall–Kier alpha value is -12.9. The van der Waals surface area contributed by atoms with Crippen LogP contribution in [-0.2, 0) is 107 Å². The number of carbonyl (C=O) groups excluding carboxylic acids is 4. The lowest BCUT2D eigenvalue weighted by atomic mass is 9.86. The molecule has 0 aliphatic carbocycles. The summed E-state index contributed by atoms with van der Waals surface area (Å²) in [7, 11) is 0. The number of hydrogen-bond donors (Lipinski definition) is 0. The third kappa shape index (κ3) is 29.3. The fourth-order valence-electron chi connectivity index (χ4n) is 13.7. The molecule has 0 aliphatic rings. The number of benzene rings is 6. The Bertz CT molecular complexity index is 6260. The van der Waals surface area contributed by atoms with Gasteiger partial charge in [0.25, 0.3) is 0 Å². The number of aromatic nitrogens is 8. The Balaban J connectivity index is 0.000000251. The average Bonchev–Trinajstić information content (AvgIpc) is 1.62. The Morgan fingerprint density at radius 1 is 0.341 bits per heavy atom. The molecule has 0 amide bonds. The van der Waals surface area contributed by atoms with E-state index in [0.717, 1.165) is 34.7 Å². The first-order valence-electron chi connectivity index (χ1n) is 45.2. The number of nitrogens with zero attached hydrogens (tertiary/aromatic N) is 12. The third-order valence-electron chi connectivity index (χ3n) is 21.9. The average molecular weight is 1970 g/mol. The second-order valence-corrected chi connectivity index (χ2v) is 38.6. The number of nitriles is 4. The van der Waals surface area contributed by atoms with Gasteiger partial charge < -0.3 is 37.9 Å². The monoisotopic (exact) mass is 1960 g/mol. The third-order valence-corrected chi connectivity index (χ3v) is 23.7. The fourth-order valence-corrected chi connectivity index (χ4v) is 14.6. The summed E-state index contributed by atoms with van der Waals surface area (Å²) in [6.45, 7) is 53.3. The lowest BCUT2D eigenvalue weighted by Crippen LogP contribution is -2.30. The molecule has 0 fully saturated rings. The van der Waals surface area contributed by atoms with Crippen molar-refractivity contribution in [2.45, 2.75) is 279 Å². The van der Waals surface area contributed by atoms with Gasteiger partial charge in [0.2, 0.25) is 25.2 Å². The van der Waals surface area contributed by atoms with E-state index < -0.39 is 54.7 Å². The maximum absolute atomic E-state index is 12.7. The Morgan fingerprint density at radius 3 is 0.812 bits per heavy atom. The summed E-state index contributed by atoms with van der Waals surface area (Å²) in [6, 6.07) is 57.3. The van der Waals surface area contributed by atoms with E-state index in [0.29, 0.717) is 115 Å². The number of aryl methyl sites for hydroxylation is 8. The first kappa shape index (κ1) is 112. The van der Waals surface area contributed by atoms with Gasteiger partial charge in [0.15, 0.2) is 23.0 Å². The second-order valence-electron chi connectivity index (χ2n) is 37.0. The molecule has 0 saturated carbocycles. The van der Waals surface area contributed by atoms with Crippen LogP contribution < -0.4 is 0 Å². The van der Waals surface area contributed by atoms with Crippen molar-refractivity contribution in [1.82, 2.24) is 39.1 Å². The first-order valence-corrected chi connectivity index (χ1v) is 46.7. The molecule has 4 unspecified atom stereocenters. The van der Waals surface area contributed by atoms with Crippen molar-refractivity contribution in [2.75, 3.05) is 0 Å². The predicted octanol–water partition coefficient (Wildman–Crippen LogP) is 26.4. The van der Waals surface area contributed by atoms with Crippen LogP contribution in [0.2, 0.25) is 20.1 Å². The largest absolute Gasteiger partial charge is 0.491 e. The van der Waals surface area contributed by atoms with E-state index in [1.54, 1.807) is 106 Å². The number of rotatable bonds is 29. The molecule has 10 aromatic rings. The van der Waals surface area contributed by atoms with Gasteiger partial charge in [-0.1, -0.05) is 282 Å². The number of allylic oxidation sites excluding steroid dienone is 4. The quantitative estimate of drug-likeness (QED) is 0.0138. The van der Waals surface area contributed by atoms with E-state index >= 15 is 0 Å². The van der Waals surface area contributed by atoms with Crippen molar-refractivity contribution in [3.63, 3.8) is 0 Å². The molecule has 0 radical (unpaired) electrons. The molecular formula is C107H123Cl4F3N12O12. The highest BCUT2D eigenvalue weighted by molar-refractivity contribution is 6.34. The van der Waals surface area contributed by atoms with E-state index in [-0.39, 0.29) is 90.1 Å². The predicted molar refractivity (Wildman–Crippen MR) is 533 cm³/mol. The molecule has 0 aliphatic heterocycles. The zero-order chi connectivity index (χ0) is 103. The van der Waals surface area contributed by atoms with E-state index in [9.17, 15) is 53.4 Å². The van der Waals surface area contributed by atoms with Gasteiger partial charge in [-0.25, -0.2) is 9.59 Å². The minimum absolute atomic E-state index is 0.00173. The SMILES string of the molecule is CCn1nc(C)c(Cl)c1/C(OC(C)OC(=O)C(C)(C)CC)=C(\C#N)c1ccc(C(C)(C)C)cc1.CCn1nc(C)c(Cl)c1/C(OC(C)OC(=O)C(F)(F)F)=C(\C#N)c1ccc(C(C)(C)C)cc1.CCn1nc(C)c(Cl)c1/C(OC(C)OC(=O)Cc1ccccc1)=C(\C#N)c1ccc(C(C)(C)C)cc1.CCn1nc(C)c(Cl)c1/C(OC(C)OC(=O)c1ccccc1)=C(\C#N)c1ccc(C(C)(C)C)cc1. The lowest BCUT2D eigenvalue weighted by Gasteiger charge is -2.25. The molecule has 4 heterocycles. The lowest BCUT2D eigenvalue weighted by molar-refractivity contribution is -0.216. The van der Waals surface area contributed by atoms with Crippen LogP contribution in [0.1, 0.15) is 272 Å². The minimum atomic E-state index is -5.19. The second kappa shape index (κ2) is 48.4. The van der Waals surface area contributed by atoms with Crippen LogP contribution in [0, 0.1) is 78.4 Å². The molecule has 6 aromatic carbocycles. The molecule has 24 nitrogen and oxygen atoms in total. The van der Waals surface area contributed by atoms with Crippen molar-refractivity contribution in [3.05, 3.63) is 279 Å². The van der Waals surface area contributed by atoms with E-state index in [1.807, 2.05) is 190 Å². The normalized spacial score (nSPS) is 13.3. The van der Waals surface area contributed by atoms with Gasteiger partial charge >= 0.3 is 30.1 Å².